The first-order chi connectivity index (χ1) is 10.1. The molecule has 0 saturated carbocycles. The molecule has 118 valence electrons. The summed E-state index contributed by atoms with van der Waals surface area (Å²) in [5.41, 5.74) is 1.28. The Morgan fingerprint density at radius 1 is 1.33 bits per heavy atom. The Hall–Kier alpha value is -1.07. The number of nitrogens with zero attached hydrogens (tertiary/aromatic N) is 3. The number of nitrogens with one attached hydrogen (secondary N) is 1. The number of aromatic nitrogens is 2. The van der Waals surface area contributed by atoms with Crippen LogP contribution in [0.25, 0.3) is 4.96 Å². The van der Waals surface area contributed by atoms with Crippen LogP contribution >= 0.6 is 11.3 Å². The molecule has 4 nitrogen and oxygen atoms in total. The molecule has 0 bridgehead atoms. The summed E-state index contributed by atoms with van der Waals surface area (Å²) in [5, 5.41) is 5.40. The summed E-state index contributed by atoms with van der Waals surface area (Å²) in [6.07, 6.45) is 4.45. The molecule has 0 aliphatic carbocycles. The summed E-state index contributed by atoms with van der Waals surface area (Å²) >= 11 is 1.71. The zero-order chi connectivity index (χ0) is 15.4. The van der Waals surface area contributed by atoms with Gasteiger partial charge in [-0.05, 0) is 25.8 Å². The zero-order valence-corrected chi connectivity index (χ0v) is 14.7. The molecular weight excluding hydrogens is 280 g/mol. The normalized spacial score (nSPS) is 12.0. The predicted molar refractivity (Wildman–Crippen MR) is 92.4 cm³/mol. The van der Waals surface area contributed by atoms with Gasteiger partial charge >= 0.3 is 0 Å². The van der Waals surface area contributed by atoms with Crippen molar-refractivity contribution < 1.29 is 0 Å². The standard InChI is InChI=1S/C16H28N4S/c1-6-13(7-2)20(11-12(3)4)15-14(10-17-5)19-8-9-21-16(19)18-15/h8-9,12-13,17H,6-7,10-11H2,1-5H3. The van der Waals surface area contributed by atoms with Gasteiger partial charge in [-0.25, -0.2) is 4.98 Å². The second-order valence-corrected chi connectivity index (χ2v) is 6.86. The molecule has 0 unspecified atom stereocenters. The summed E-state index contributed by atoms with van der Waals surface area (Å²) < 4.78 is 2.23. The Bertz CT molecular complexity index is 554. The van der Waals surface area contributed by atoms with Gasteiger partial charge in [-0.15, -0.1) is 11.3 Å². The van der Waals surface area contributed by atoms with Crippen molar-refractivity contribution >= 4 is 22.1 Å². The molecule has 0 fully saturated rings. The van der Waals surface area contributed by atoms with Gasteiger partial charge in [-0.1, -0.05) is 27.7 Å². The van der Waals surface area contributed by atoms with Gasteiger partial charge in [-0.3, -0.25) is 4.40 Å². The summed E-state index contributed by atoms with van der Waals surface area (Å²) in [4.78, 5) is 8.55. The molecule has 0 atom stereocenters. The van der Waals surface area contributed by atoms with E-state index in [1.807, 2.05) is 7.05 Å². The average molecular weight is 308 g/mol. The summed E-state index contributed by atoms with van der Waals surface area (Å²) in [6.45, 7) is 11.0. The van der Waals surface area contributed by atoms with Crippen molar-refractivity contribution in [2.24, 2.45) is 5.92 Å². The number of hydrogen-bond acceptors (Lipinski definition) is 4. The lowest BCUT2D eigenvalue weighted by Gasteiger charge is -2.33. The van der Waals surface area contributed by atoms with Crippen LogP contribution in [0.5, 0.6) is 0 Å². The maximum Gasteiger partial charge on any atom is 0.195 e. The van der Waals surface area contributed by atoms with Crippen LogP contribution in [0.2, 0.25) is 0 Å². The fourth-order valence-electron chi connectivity index (χ4n) is 2.91. The van der Waals surface area contributed by atoms with E-state index in [0.717, 1.165) is 30.9 Å². The van der Waals surface area contributed by atoms with E-state index in [2.05, 4.69) is 53.9 Å². The molecular formula is C16H28N4S. The molecule has 2 aromatic heterocycles. The van der Waals surface area contributed by atoms with Crippen molar-refractivity contribution in [3.05, 3.63) is 17.3 Å². The van der Waals surface area contributed by atoms with Gasteiger partial charge in [0.25, 0.3) is 0 Å². The third-order valence-corrected chi connectivity index (χ3v) is 4.66. The highest BCUT2D eigenvalue weighted by Gasteiger charge is 2.24. The van der Waals surface area contributed by atoms with Crippen molar-refractivity contribution in [3.63, 3.8) is 0 Å². The van der Waals surface area contributed by atoms with E-state index in [1.54, 1.807) is 11.3 Å². The SMILES string of the molecule is CCC(CC)N(CC(C)C)c1nc2sccn2c1CNC. The van der Waals surface area contributed by atoms with E-state index in [-0.39, 0.29) is 0 Å². The van der Waals surface area contributed by atoms with Crippen LogP contribution in [0.4, 0.5) is 5.82 Å². The quantitative estimate of drug-likeness (QED) is 0.806. The Labute approximate surface area is 132 Å². The fourth-order valence-corrected chi connectivity index (χ4v) is 3.64. The third kappa shape index (κ3) is 3.40. The van der Waals surface area contributed by atoms with Gasteiger partial charge in [0.2, 0.25) is 0 Å². The number of rotatable bonds is 8. The Balaban J connectivity index is 2.46. The first-order valence-corrected chi connectivity index (χ1v) is 8.85. The average Bonchev–Trinajstić information content (AvgIpc) is 3.01. The first-order valence-electron chi connectivity index (χ1n) is 7.97. The minimum Gasteiger partial charge on any atom is -0.352 e. The van der Waals surface area contributed by atoms with E-state index in [9.17, 15) is 0 Å². The van der Waals surface area contributed by atoms with Crippen LogP contribution in [0.15, 0.2) is 11.6 Å². The molecule has 2 rings (SSSR count). The zero-order valence-electron chi connectivity index (χ0n) is 13.9. The second-order valence-electron chi connectivity index (χ2n) is 5.98. The van der Waals surface area contributed by atoms with Crippen LogP contribution in [-0.2, 0) is 6.54 Å². The Kier molecular flexibility index (Phi) is 5.65. The first kappa shape index (κ1) is 16.3. The van der Waals surface area contributed by atoms with Crippen molar-refractivity contribution in [3.8, 4) is 0 Å². The lowest BCUT2D eigenvalue weighted by Crippen LogP contribution is -2.38. The molecule has 21 heavy (non-hydrogen) atoms. The van der Waals surface area contributed by atoms with Gasteiger partial charge in [0.05, 0.1) is 5.69 Å². The molecule has 0 aliphatic heterocycles. The van der Waals surface area contributed by atoms with Gasteiger partial charge in [0.1, 0.15) is 0 Å². The monoisotopic (exact) mass is 308 g/mol. The Morgan fingerprint density at radius 2 is 2.05 bits per heavy atom. The van der Waals surface area contributed by atoms with E-state index < -0.39 is 0 Å². The maximum absolute atomic E-state index is 4.93. The van der Waals surface area contributed by atoms with Crippen LogP contribution < -0.4 is 10.2 Å². The van der Waals surface area contributed by atoms with Crippen LogP contribution in [0, 0.1) is 5.92 Å². The molecule has 1 N–H and O–H groups in total. The van der Waals surface area contributed by atoms with E-state index in [0.29, 0.717) is 12.0 Å². The molecule has 0 spiro atoms. The fraction of sp³-hybridized carbons (Fsp3) is 0.688. The molecule has 0 aliphatic rings. The van der Waals surface area contributed by atoms with Crippen molar-refractivity contribution in [2.75, 3.05) is 18.5 Å². The molecule has 0 aromatic carbocycles. The van der Waals surface area contributed by atoms with Crippen molar-refractivity contribution in [2.45, 2.75) is 53.1 Å². The maximum atomic E-state index is 4.93. The van der Waals surface area contributed by atoms with Gasteiger partial charge < -0.3 is 10.2 Å². The molecule has 2 heterocycles. The van der Waals surface area contributed by atoms with Gasteiger partial charge in [0.15, 0.2) is 10.8 Å². The summed E-state index contributed by atoms with van der Waals surface area (Å²) in [6, 6.07) is 0.563. The van der Waals surface area contributed by atoms with Gasteiger partial charge in [0, 0.05) is 30.7 Å². The number of thiazole rings is 1. The minimum atomic E-state index is 0.563. The highest BCUT2D eigenvalue weighted by Crippen LogP contribution is 2.28. The van der Waals surface area contributed by atoms with E-state index in [1.165, 1.54) is 11.5 Å². The minimum absolute atomic E-state index is 0.563. The number of anilines is 1. The second kappa shape index (κ2) is 7.27. The van der Waals surface area contributed by atoms with Crippen LogP contribution in [0.3, 0.4) is 0 Å². The van der Waals surface area contributed by atoms with Gasteiger partial charge in [-0.2, -0.15) is 0 Å². The number of imidazole rings is 1. The lowest BCUT2D eigenvalue weighted by atomic mass is 10.1. The number of fused-ring (bicyclic) bond motifs is 1. The van der Waals surface area contributed by atoms with Crippen LogP contribution in [-0.4, -0.2) is 29.0 Å². The highest BCUT2D eigenvalue weighted by atomic mass is 32.1. The smallest absolute Gasteiger partial charge is 0.195 e. The molecule has 5 heteroatoms. The highest BCUT2D eigenvalue weighted by molar-refractivity contribution is 7.15. The van der Waals surface area contributed by atoms with Crippen molar-refractivity contribution in [1.82, 2.24) is 14.7 Å². The Morgan fingerprint density at radius 3 is 2.62 bits per heavy atom. The molecule has 0 amide bonds. The molecule has 0 radical (unpaired) electrons. The summed E-state index contributed by atoms with van der Waals surface area (Å²) in [5.74, 6) is 1.80. The lowest BCUT2D eigenvalue weighted by molar-refractivity contribution is 0.502. The van der Waals surface area contributed by atoms with E-state index in [4.69, 9.17) is 4.98 Å². The molecule has 2 aromatic rings. The van der Waals surface area contributed by atoms with Crippen LogP contribution in [0.1, 0.15) is 46.2 Å². The summed E-state index contributed by atoms with van der Waals surface area (Å²) in [7, 11) is 2.00. The topological polar surface area (TPSA) is 32.6 Å². The van der Waals surface area contributed by atoms with Crippen molar-refractivity contribution in [1.29, 1.82) is 0 Å². The third-order valence-electron chi connectivity index (χ3n) is 3.90. The largest absolute Gasteiger partial charge is 0.352 e. The molecule has 0 saturated heterocycles. The predicted octanol–water partition coefficient (Wildman–Crippen LogP) is 3.77. The number of hydrogen-bond donors (Lipinski definition) is 1. The van der Waals surface area contributed by atoms with E-state index >= 15 is 0 Å².